The maximum atomic E-state index is 12.6. The molecule has 8 nitrogen and oxygen atoms in total. The summed E-state index contributed by atoms with van der Waals surface area (Å²) in [7, 11) is 1.56. The van der Waals surface area contributed by atoms with Gasteiger partial charge in [0.25, 0.3) is 17.2 Å². The molecule has 3 rings (SSSR count). The van der Waals surface area contributed by atoms with Gasteiger partial charge < -0.3 is 5.32 Å². The van der Waals surface area contributed by atoms with Crippen molar-refractivity contribution < 1.29 is 9.72 Å². The number of anilines is 1. The van der Waals surface area contributed by atoms with Crippen molar-refractivity contribution in [2.24, 2.45) is 7.05 Å². The maximum absolute atomic E-state index is 12.6. The smallest absolute Gasteiger partial charge is 0.273 e. The lowest BCUT2D eigenvalue weighted by Crippen LogP contribution is -2.18. The van der Waals surface area contributed by atoms with E-state index in [1.165, 1.54) is 35.9 Å². The highest BCUT2D eigenvalue weighted by molar-refractivity contribution is 6.06. The van der Waals surface area contributed by atoms with Gasteiger partial charge >= 0.3 is 0 Å². The summed E-state index contributed by atoms with van der Waals surface area (Å²) in [5.74, 6) is -0.443. The highest BCUT2D eigenvalue weighted by Gasteiger charge is 2.18. The largest absolute Gasteiger partial charge is 0.322 e. The second-order valence-electron chi connectivity index (χ2n) is 5.92. The van der Waals surface area contributed by atoms with Crippen molar-refractivity contribution in [3.05, 3.63) is 86.2 Å². The molecule has 0 unspecified atom stereocenters. The lowest BCUT2D eigenvalue weighted by molar-refractivity contribution is -0.385. The van der Waals surface area contributed by atoms with E-state index in [0.29, 0.717) is 16.9 Å². The molecule has 1 heterocycles. The molecule has 0 saturated carbocycles. The Morgan fingerprint density at radius 1 is 1.15 bits per heavy atom. The Labute approximate surface area is 154 Å². The summed E-state index contributed by atoms with van der Waals surface area (Å²) < 4.78 is 1.23. The molecule has 3 aromatic rings. The summed E-state index contributed by atoms with van der Waals surface area (Å²) in [6, 6.07) is 14.4. The van der Waals surface area contributed by atoms with Crippen LogP contribution in [0.2, 0.25) is 0 Å². The summed E-state index contributed by atoms with van der Waals surface area (Å²) >= 11 is 0. The molecule has 0 saturated heterocycles. The molecule has 0 aliphatic heterocycles. The number of hydrogen-bond donors (Lipinski definition) is 1. The molecule has 0 bridgehead atoms. The van der Waals surface area contributed by atoms with Gasteiger partial charge in [0.15, 0.2) is 0 Å². The van der Waals surface area contributed by atoms with Crippen LogP contribution in [-0.2, 0) is 7.05 Å². The number of aryl methyl sites for hydroxylation is 1. The highest BCUT2D eigenvalue weighted by atomic mass is 16.6. The van der Waals surface area contributed by atoms with Crippen molar-refractivity contribution in [3.63, 3.8) is 0 Å². The zero-order valence-corrected chi connectivity index (χ0v) is 14.7. The van der Waals surface area contributed by atoms with Crippen LogP contribution in [-0.4, -0.2) is 20.6 Å². The number of benzene rings is 2. The minimum Gasteiger partial charge on any atom is -0.322 e. The summed E-state index contributed by atoms with van der Waals surface area (Å²) in [5, 5.41) is 18.0. The summed E-state index contributed by atoms with van der Waals surface area (Å²) in [6.07, 6.45) is 0. The van der Waals surface area contributed by atoms with Crippen molar-refractivity contribution in [2.75, 3.05) is 5.32 Å². The number of rotatable bonds is 4. The number of nitro groups is 1. The third-order valence-electron chi connectivity index (χ3n) is 4.12. The Morgan fingerprint density at radius 2 is 1.89 bits per heavy atom. The van der Waals surface area contributed by atoms with Gasteiger partial charge in [0, 0.05) is 41.6 Å². The zero-order chi connectivity index (χ0) is 19.6. The van der Waals surface area contributed by atoms with E-state index in [2.05, 4.69) is 10.4 Å². The van der Waals surface area contributed by atoms with Crippen molar-refractivity contribution >= 4 is 17.3 Å². The Balaban J connectivity index is 1.90. The van der Waals surface area contributed by atoms with Crippen LogP contribution in [0.3, 0.4) is 0 Å². The van der Waals surface area contributed by atoms with Gasteiger partial charge in [-0.1, -0.05) is 18.2 Å². The zero-order valence-electron chi connectivity index (χ0n) is 14.7. The third-order valence-corrected chi connectivity index (χ3v) is 4.12. The molecule has 136 valence electrons. The quantitative estimate of drug-likeness (QED) is 0.566. The number of carbonyl (C=O) groups is 1. The van der Waals surface area contributed by atoms with Crippen molar-refractivity contribution in [1.82, 2.24) is 9.78 Å². The third kappa shape index (κ3) is 3.74. The fourth-order valence-electron chi connectivity index (χ4n) is 2.68. The molecule has 0 aliphatic carbocycles. The van der Waals surface area contributed by atoms with Gasteiger partial charge in [-0.25, -0.2) is 4.68 Å². The molecule has 8 heteroatoms. The van der Waals surface area contributed by atoms with Crippen molar-refractivity contribution in [3.8, 4) is 11.3 Å². The molecule has 0 aliphatic rings. The number of nitrogens with zero attached hydrogens (tertiary/aromatic N) is 3. The van der Waals surface area contributed by atoms with Crippen LogP contribution in [0.25, 0.3) is 11.3 Å². The van der Waals surface area contributed by atoms with Crippen LogP contribution in [0.5, 0.6) is 0 Å². The minimum atomic E-state index is -0.516. The normalized spacial score (nSPS) is 10.4. The standard InChI is InChI=1S/C19H16N4O4/c1-12-15(7-4-8-17(12)23(26)27)19(25)20-14-6-3-5-13(11-14)16-9-10-18(24)22(2)21-16/h3-11H,1-2H3,(H,20,25). The molecular formula is C19H16N4O4. The number of hydrogen-bond acceptors (Lipinski definition) is 5. The van der Waals surface area contributed by atoms with Gasteiger partial charge in [0.1, 0.15) is 0 Å². The number of nitrogens with one attached hydrogen (secondary N) is 1. The fourth-order valence-corrected chi connectivity index (χ4v) is 2.68. The number of amides is 1. The monoisotopic (exact) mass is 364 g/mol. The number of carbonyl (C=O) groups excluding carboxylic acids is 1. The molecule has 0 atom stereocenters. The fraction of sp³-hybridized carbons (Fsp3) is 0.105. The van der Waals surface area contributed by atoms with Gasteiger partial charge in [-0.15, -0.1) is 0 Å². The molecule has 0 spiro atoms. The van der Waals surface area contributed by atoms with E-state index in [-0.39, 0.29) is 16.8 Å². The van der Waals surface area contributed by atoms with Crippen LogP contribution in [0.4, 0.5) is 11.4 Å². The molecule has 0 fully saturated rings. The van der Waals surface area contributed by atoms with E-state index in [1.807, 2.05) is 0 Å². The molecule has 1 N–H and O–H groups in total. The number of nitro benzene ring substituents is 1. The lowest BCUT2D eigenvalue weighted by Gasteiger charge is -2.09. The molecular weight excluding hydrogens is 348 g/mol. The SMILES string of the molecule is Cc1c(C(=O)Nc2cccc(-c3ccc(=O)n(C)n3)c2)cccc1[N+](=O)[O-]. The first-order valence-corrected chi connectivity index (χ1v) is 8.07. The van der Waals surface area contributed by atoms with Crippen molar-refractivity contribution in [2.45, 2.75) is 6.92 Å². The van der Waals surface area contributed by atoms with Crippen LogP contribution in [0.15, 0.2) is 59.4 Å². The van der Waals surface area contributed by atoms with Gasteiger partial charge in [0.05, 0.1) is 10.6 Å². The molecule has 0 radical (unpaired) electrons. The van der Waals surface area contributed by atoms with E-state index >= 15 is 0 Å². The average molecular weight is 364 g/mol. The Kier molecular flexibility index (Phi) is 4.80. The first-order valence-electron chi connectivity index (χ1n) is 8.07. The maximum Gasteiger partial charge on any atom is 0.273 e. The van der Waals surface area contributed by atoms with Crippen LogP contribution >= 0.6 is 0 Å². The first-order chi connectivity index (χ1) is 12.9. The number of aromatic nitrogens is 2. The Morgan fingerprint density at radius 3 is 2.59 bits per heavy atom. The van der Waals surface area contributed by atoms with Crippen LogP contribution in [0.1, 0.15) is 15.9 Å². The predicted octanol–water partition coefficient (Wildman–Crippen LogP) is 2.92. The lowest BCUT2D eigenvalue weighted by atomic mass is 10.1. The summed E-state index contributed by atoms with van der Waals surface area (Å²) in [6.45, 7) is 1.54. The molecule has 2 aromatic carbocycles. The van der Waals surface area contributed by atoms with Gasteiger partial charge in [-0.05, 0) is 31.2 Å². The predicted molar refractivity (Wildman–Crippen MR) is 101 cm³/mol. The Bertz CT molecular complexity index is 1100. The van der Waals surface area contributed by atoms with Crippen LogP contribution < -0.4 is 10.9 Å². The topological polar surface area (TPSA) is 107 Å². The summed E-state index contributed by atoms with van der Waals surface area (Å²) in [5.41, 5.74) is 2.03. The van der Waals surface area contributed by atoms with E-state index in [0.717, 1.165) is 5.56 Å². The summed E-state index contributed by atoms with van der Waals surface area (Å²) in [4.78, 5) is 34.6. The van der Waals surface area contributed by atoms with E-state index < -0.39 is 10.8 Å². The second-order valence-corrected chi connectivity index (χ2v) is 5.92. The van der Waals surface area contributed by atoms with E-state index in [4.69, 9.17) is 0 Å². The first kappa shape index (κ1) is 18.0. The molecule has 27 heavy (non-hydrogen) atoms. The van der Waals surface area contributed by atoms with Crippen LogP contribution in [0, 0.1) is 17.0 Å². The van der Waals surface area contributed by atoms with Crippen molar-refractivity contribution in [1.29, 1.82) is 0 Å². The highest BCUT2D eigenvalue weighted by Crippen LogP contribution is 2.24. The second kappa shape index (κ2) is 7.20. The minimum absolute atomic E-state index is 0.106. The van der Waals surface area contributed by atoms with Gasteiger partial charge in [-0.2, -0.15) is 5.10 Å². The van der Waals surface area contributed by atoms with Gasteiger partial charge in [-0.3, -0.25) is 19.7 Å². The van der Waals surface area contributed by atoms with E-state index in [9.17, 15) is 19.7 Å². The molecule has 1 amide bonds. The van der Waals surface area contributed by atoms with E-state index in [1.54, 1.807) is 37.4 Å². The van der Waals surface area contributed by atoms with Gasteiger partial charge in [0.2, 0.25) is 0 Å². The average Bonchev–Trinajstić information content (AvgIpc) is 2.64. The molecule has 1 aromatic heterocycles. The Hall–Kier alpha value is -3.81.